The SMILES string of the molecule is Cc1cc(C)c(S(=O)(=O)NCc2cc(-c3ccccn3)n(C3CCCC3)n2)c(C)c1. The lowest BCUT2D eigenvalue weighted by Crippen LogP contribution is -2.25. The fraction of sp³-hybridized carbons (Fsp3) is 0.391. The standard InChI is InChI=1S/C23H28N4O2S/c1-16-12-17(2)23(18(3)13-16)30(28,29)25-15-19-14-22(21-10-6-7-11-24-21)27(26-19)20-8-4-5-9-20/h6-7,10-14,20,25H,4-5,8-9,15H2,1-3H3. The molecule has 0 aliphatic heterocycles. The summed E-state index contributed by atoms with van der Waals surface area (Å²) in [5.41, 5.74) is 5.07. The van der Waals surface area contributed by atoms with E-state index in [1.807, 2.05) is 61.9 Å². The highest BCUT2D eigenvalue weighted by Crippen LogP contribution is 2.33. The quantitative estimate of drug-likeness (QED) is 0.634. The van der Waals surface area contributed by atoms with Gasteiger partial charge in [-0.3, -0.25) is 9.67 Å². The van der Waals surface area contributed by atoms with Crippen LogP contribution in [0, 0.1) is 20.8 Å². The second-order valence-electron chi connectivity index (χ2n) is 8.17. The molecule has 1 aliphatic rings. The molecule has 0 amide bonds. The summed E-state index contributed by atoms with van der Waals surface area (Å²) in [5.74, 6) is 0. The topological polar surface area (TPSA) is 76.9 Å². The minimum Gasteiger partial charge on any atom is -0.260 e. The molecule has 6 nitrogen and oxygen atoms in total. The molecule has 0 atom stereocenters. The third-order valence-corrected chi connectivity index (χ3v) is 7.41. The number of sulfonamides is 1. The highest BCUT2D eigenvalue weighted by Gasteiger charge is 2.24. The molecule has 30 heavy (non-hydrogen) atoms. The lowest BCUT2D eigenvalue weighted by atomic mass is 10.1. The summed E-state index contributed by atoms with van der Waals surface area (Å²) in [7, 11) is -3.64. The van der Waals surface area contributed by atoms with Crippen LogP contribution in [0.4, 0.5) is 0 Å². The Morgan fingerprint density at radius 1 is 1.07 bits per heavy atom. The summed E-state index contributed by atoms with van der Waals surface area (Å²) in [6.45, 7) is 5.79. The van der Waals surface area contributed by atoms with Gasteiger partial charge in [0, 0.05) is 6.20 Å². The van der Waals surface area contributed by atoms with Crippen molar-refractivity contribution in [2.45, 2.75) is 63.9 Å². The van der Waals surface area contributed by atoms with Crippen LogP contribution in [0.15, 0.2) is 47.5 Å². The van der Waals surface area contributed by atoms with Gasteiger partial charge in [-0.2, -0.15) is 5.10 Å². The zero-order chi connectivity index (χ0) is 21.3. The van der Waals surface area contributed by atoms with E-state index in [2.05, 4.69) is 9.71 Å². The van der Waals surface area contributed by atoms with Crippen molar-refractivity contribution in [3.05, 3.63) is 65.0 Å². The van der Waals surface area contributed by atoms with Gasteiger partial charge in [-0.25, -0.2) is 13.1 Å². The zero-order valence-electron chi connectivity index (χ0n) is 17.7. The largest absolute Gasteiger partial charge is 0.260 e. The van der Waals surface area contributed by atoms with Crippen LogP contribution < -0.4 is 4.72 Å². The van der Waals surface area contributed by atoms with Crippen molar-refractivity contribution < 1.29 is 8.42 Å². The summed E-state index contributed by atoms with van der Waals surface area (Å²) in [6.07, 6.45) is 6.34. The van der Waals surface area contributed by atoms with Crippen LogP contribution in [0.5, 0.6) is 0 Å². The molecular formula is C23H28N4O2S. The fourth-order valence-corrected chi connectivity index (χ4v) is 5.94. The molecule has 1 N–H and O–H groups in total. The molecule has 7 heteroatoms. The summed E-state index contributed by atoms with van der Waals surface area (Å²) in [5, 5.41) is 4.77. The third-order valence-electron chi connectivity index (χ3n) is 5.70. The first-order valence-corrected chi connectivity index (χ1v) is 11.9. The van der Waals surface area contributed by atoms with Gasteiger partial charge in [-0.05, 0) is 62.9 Å². The molecule has 158 valence electrons. The molecule has 2 heterocycles. The van der Waals surface area contributed by atoms with E-state index in [9.17, 15) is 8.42 Å². The van der Waals surface area contributed by atoms with Crippen molar-refractivity contribution in [2.24, 2.45) is 0 Å². The Bertz CT molecular complexity index is 1120. The summed E-state index contributed by atoms with van der Waals surface area (Å²) < 4.78 is 30.8. The van der Waals surface area contributed by atoms with Gasteiger partial charge in [0.15, 0.2) is 0 Å². The number of hydrogen-bond donors (Lipinski definition) is 1. The van der Waals surface area contributed by atoms with Gasteiger partial charge in [0.1, 0.15) is 0 Å². The Kier molecular flexibility index (Phi) is 5.75. The smallest absolute Gasteiger partial charge is 0.241 e. The number of pyridine rings is 1. The number of aromatic nitrogens is 3. The summed E-state index contributed by atoms with van der Waals surface area (Å²) in [6, 6.07) is 11.9. The van der Waals surface area contributed by atoms with Crippen LogP contribution in [0.2, 0.25) is 0 Å². The maximum Gasteiger partial charge on any atom is 0.241 e. The van der Waals surface area contributed by atoms with Gasteiger partial charge in [0.05, 0.1) is 34.6 Å². The lowest BCUT2D eigenvalue weighted by Gasteiger charge is -2.14. The van der Waals surface area contributed by atoms with E-state index >= 15 is 0 Å². The Morgan fingerprint density at radius 3 is 2.40 bits per heavy atom. The highest BCUT2D eigenvalue weighted by atomic mass is 32.2. The Balaban J connectivity index is 1.62. The second-order valence-corrected chi connectivity index (χ2v) is 9.87. The van der Waals surface area contributed by atoms with Crippen molar-refractivity contribution in [1.29, 1.82) is 0 Å². The predicted octanol–water partition coefficient (Wildman–Crippen LogP) is 4.46. The Labute approximate surface area is 178 Å². The van der Waals surface area contributed by atoms with Gasteiger partial charge in [-0.15, -0.1) is 0 Å². The fourth-order valence-electron chi connectivity index (χ4n) is 4.50. The van der Waals surface area contributed by atoms with Gasteiger partial charge in [0.25, 0.3) is 0 Å². The number of rotatable bonds is 6. The Morgan fingerprint density at radius 2 is 1.77 bits per heavy atom. The number of benzene rings is 1. The van der Waals surface area contributed by atoms with Crippen molar-refractivity contribution in [2.75, 3.05) is 0 Å². The third kappa shape index (κ3) is 4.18. The Hall–Kier alpha value is -2.51. The van der Waals surface area contributed by atoms with Crippen LogP contribution in [0.1, 0.15) is 54.1 Å². The molecule has 2 aromatic heterocycles. The van der Waals surface area contributed by atoms with Crippen LogP contribution in [-0.2, 0) is 16.6 Å². The zero-order valence-corrected chi connectivity index (χ0v) is 18.5. The molecule has 1 fully saturated rings. The molecule has 0 spiro atoms. The molecule has 4 rings (SSSR count). The van der Waals surface area contributed by atoms with Crippen molar-refractivity contribution >= 4 is 10.0 Å². The lowest BCUT2D eigenvalue weighted by molar-refractivity contribution is 0.466. The predicted molar refractivity (Wildman–Crippen MR) is 118 cm³/mol. The normalized spacial score (nSPS) is 15.0. The molecule has 1 saturated carbocycles. The monoisotopic (exact) mass is 424 g/mol. The first-order valence-electron chi connectivity index (χ1n) is 10.4. The number of aryl methyl sites for hydroxylation is 3. The van der Waals surface area contributed by atoms with E-state index < -0.39 is 10.0 Å². The van der Waals surface area contributed by atoms with E-state index in [0.717, 1.165) is 40.9 Å². The molecule has 3 aromatic rings. The molecule has 1 aromatic carbocycles. The number of nitrogens with one attached hydrogen (secondary N) is 1. The molecule has 0 saturated heterocycles. The summed E-state index contributed by atoms with van der Waals surface area (Å²) in [4.78, 5) is 4.84. The minimum absolute atomic E-state index is 0.147. The average molecular weight is 425 g/mol. The first kappa shape index (κ1) is 20.8. The second kappa shape index (κ2) is 8.32. The maximum absolute atomic E-state index is 13.0. The number of nitrogens with zero attached hydrogens (tertiary/aromatic N) is 3. The van der Waals surface area contributed by atoms with Gasteiger partial charge in [0.2, 0.25) is 10.0 Å². The van der Waals surface area contributed by atoms with Crippen LogP contribution >= 0.6 is 0 Å². The highest BCUT2D eigenvalue weighted by molar-refractivity contribution is 7.89. The van der Waals surface area contributed by atoms with Gasteiger partial charge >= 0.3 is 0 Å². The number of hydrogen-bond acceptors (Lipinski definition) is 4. The van der Waals surface area contributed by atoms with Gasteiger partial charge in [-0.1, -0.05) is 36.6 Å². The minimum atomic E-state index is -3.64. The van der Waals surface area contributed by atoms with E-state index in [1.165, 1.54) is 12.8 Å². The molecule has 0 unspecified atom stereocenters. The molecular weight excluding hydrogens is 396 g/mol. The van der Waals surface area contributed by atoms with Gasteiger partial charge < -0.3 is 0 Å². The van der Waals surface area contributed by atoms with Crippen molar-refractivity contribution in [3.8, 4) is 11.4 Å². The average Bonchev–Trinajstić information content (AvgIpc) is 3.36. The van der Waals surface area contributed by atoms with Crippen LogP contribution in [0.3, 0.4) is 0 Å². The summed E-state index contributed by atoms with van der Waals surface area (Å²) >= 11 is 0. The maximum atomic E-state index is 13.0. The first-order chi connectivity index (χ1) is 14.3. The van der Waals surface area contributed by atoms with E-state index in [4.69, 9.17) is 5.10 Å². The van der Waals surface area contributed by atoms with E-state index in [-0.39, 0.29) is 6.54 Å². The van der Waals surface area contributed by atoms with Crippen molar-refractivity contribution in [1.82, 2.24) is 19.5 Å². The van der Waals surface area contributed by atoms with Crippen LogP contribution in [0.25, 0.3) is 11.4 Å². The molecule has 0 radical (unpaired) electrons. The van der Waals surface area contributed by atoms with Crippen LogP contribution in [-0.4, -0.2) is 23.2 Å². The molecule has 0 bridgehead atoms. The van der Waals surface area contributed by atoms with E-state index in [0.29, 0.717) is 16.6 Å². The molecule has 1 aliphatic carbocycles. The van der Waals surface area contributed by atoms with Crippen molar-refractivity contribution in [3.63, 3.8) is 0 Å². The van der Waals surface area contributed by atoms with E-state index in [1.54, 1.807) is 6.20 Å².